The molecule has 0 radical (unpaired) electrons. The molecule has 1 aliphatic heterocycles. The highest BCUT2D eigenvalue weighted by atomic mass is 16.1. The van der Waals surface area contributed by atoms with Crippen molar-refractivity contribution in [1.29, 1.82) is 0 Å². The van der Waals surface area contributed by atoms with Gasteiger partial charge in [-0.1, -0.05) is 18.9 Å². The average Bonchev–Trinajstić information content (AvgIpc) is 2.74. The van der Waals surface area contributed by atoms with E-state index in [-0.39, 0.29) is 11.9 Å². The van der Waals surface area contributed by atoms with E-state index in [0.717, 1.165) is 24.5 Å². The van der Waals surface area contributed by atoms with Gasteiger partial charge in [0.05, 0.1) is 0 Å². The monoisotopic (exact) mass is 290 g/mol. The van der Waals surface area contributed by atoms with Crippen LogP contribution >= 0.6 is 0 Å². The third-order valence-electron chi connectivity index (χ3n) is 3.74. The predicted molar refractivity (Wildman–Crippen MR) is 85.0 cm³/mol. The summed E-state index contributed by atoms with van der Waals surface area (Å²) >= 11 is 0. The number of nitrogens with zero attached hydrogens (tertiary/aromatic N) is 2. The smallest absolute Gasteiger partial charge is 0.221 e. The maximum Gasteiger partial charge on any atom is 0.221 e. The van der Waals surface area contributed by atoms with Gasteiger partial charge in [0.25, 0.3) is 0 Å². The Morgan fingerprint density at radius 2 is 2.05 bits per heavy atom. The fourth-order valence-corrected chi connectivity index (χ4v) is 2.57. The van der Waals surface area contributed by atoms with E-state index in [1.165, 1.54) is 25.7 Å². The van der Waals surface area contributed by atoms with Gasteiger partial charge in [0.1, 0.15) is 5.82 Å². The molecule has 1 aliphatic rings. The van der Waals surface area contributed by atoms with E-state index >= 15 is 0 Å². The zero-order valence-electron chi connectivity index (χ0n) is 12.8. The van der Waals surface area contributed by atoms with Crippen molar-refractivity contribution < 1.29 is 4.79 Å². The van der Waals surface area contributed by atoms with E-state index in [1.807, 2.05) is 19.2 Å². The summed E-state index contributed by atoms with van der Waals surface area (Å²) in [5.74, 6) is 1.03. The number of aromatic nitrogens is 1. The van der Waals surface area contributed by atoms with Crippen LogP contribution < -0.4 is 16.0 Å². The van der Waals surface area contributed by atoms with Crippen molar-refractivity contribution in [2.75, 3.05) is 18.0 Å². The lowest BCUT2D eigenvalue weighted by molar-refractivity contribution is -0.121. The quantitative estimate of drug-likeness (QED) is 0.867. The van der Waals surface area contributed by atoms with Gasteiger partial charge in [0.15, 0.2) is 0 Å². The molecule has 3 N–H and O–H groups in total. The number of nitrogens with two attached hydrogens (primary N) is 1. The van der Waals surface area contributed by atoms with E-state index in [9.17, 15) is 4.79 Å². The number of hydrogen-bond donors (Lipinski definition) is 2. The molecule has 0 bridgehead atoms. The highest BCUT2D eigenvalue weighted by Gasteiger charge is 2.11. The van der Waals surface area contributed by atoms with Crippen molar-refractivity contribution in [1.82, 2.24) is 10.3 Å². The molecule has 0 aromatic carbocycles. The van der Waals surface area contributed by atoms with E-state index < -0.39 is 0 Å². The molecule has 116 valence electrons. The van der Waals surface area contributed by atoms with Gasteiger partial charge in [0.2, 0.25) is 5.91 Å². The minimum atomic E-state index is -0.103. The van der Waals surface area contributed by atoms with Crippen molar-refractivity contribution in [2.24, 2.45) is 5.73 Å². The molecular formula is C16H26N4O. The van der Waals surface area contributed by atoms with E-state index in [1.54, 1.807) is 0 Å². The zero-order chi connectivity index (χ0) is 15.1. The third kappa shape index (κ3) is 5.34. The first kappa shape index (κ1) is 15.8. The first-order valence-electron chi connectivity index (χ1n) is 7.87. The van der Waals surface area contributed by atoms with Crippen LogP contribution in [0.5, 0.6) is 0 Å². The van der Waals surface area contributed by atoms with Crippen LogP contribution in [0.4, 0.5) is 5.82 Å². The fraction of sp³-hybridized carbons (Fsp3) is 0.625. The lowest BCUT2D eigenvalue weighted by atomic mass is 10.2. The van der Waals surface area contributed by atoms with Crippen molar-refractivity contribution in [3.8, 4) is 0 Å². The van der Waals surface area contributed by atoms with Gasteiger partial charge in [-0.15, -0.1) is 0 Å². The van der Waals surface area contributed by atoms with Crippen LogP contribution in [0.15, 0.2) is 18.3 Å². The van der Waals surface area contributed by atoms with E-state index in [2.05, 4.69) is 21.3 Å². The molecule has 1 saturated heterocycles. The minimum Gasteiger partial charge on any atom is -0.357 e. The third-order valence-corrected chi connectivity index (χ3v) is 3.74. The number of rotatable bonds is 5. The van der Waals surface area contributed by atoms with Crippen LogP contribution in [0.2, 0.25) is 0 Å². The Kier molecular flexibility index (Phi) is 5.99. The lowest BCUT2D eigenvalue weighted by Gasteiger charge is -2.21. The molecule has 5 nitrogen and oxygen atoms in total. The van der Waals surface area contributed by atoms with Crippen LogP contribution in [0.1, 0.15) is 44.6 Å². The number of anilines is 1. The van der Waals surface area contributed by atoms with Crippen molar-refractivity contribution >= 4 is 11.7 Å². The maximum atomic E-state index is 11.6. The lowest BCUT2D eigenvalue weighted by Crippen LogP contribution is -2.29. The van der Waals surface area contributed by atoms with Crippen molar-refractivity contribution in [3.63, 3.8) is 0 Å². The number of carbonyl (C=O) groups excluding carboxylic acids is 1. The van der Waals surface area contributed by atoms with E-state index in [4.69, 9.17) is 5.73 Å². The van der Waals surface area contributed by atoms with Crippen LogP contribution in [-0.4, -0.2) is 30.0 Å². The summed E-state index contributed by atoms with van der Waals surface area (Å²) in [6, 6.07) is 3.99. The molecule has 0 spiro atoms. The number of nitrogens with one attached hydrogen (secondary N) is 1. The van der Waals surface area contributed by atoms with Crippen LogP contribution in [-0.2, 0) is 11.3 Å². The van der Waals surface area contributed by atoms with Crippen LogP contribution in [0.25, 0.3) is 0 Å². The second-order valence-corrected chi connectivity index (χ2v) is 5.88. The average molecular weight is 290 g/mol. The molecule has 21 heavy (non-hydrogen) atoms. The summed E-state index contributed by atoms with van der Waals surface area (Å²) in [6.45, 7) is 4.53. The summed E-state index contributed by atoms with van der Waals surface area (Å²) in [5, 5.41) is 2.87. The Bertz CT molecular complexity index is 436. The van der Waals surface area contributed by atoms with Gasteiger partial charge >= 0.3 is 0 Å². The van der Waals surface area contributed by atoms with Gasteiger partial charge in [0, 0.05) is 38.3 Å². The molecule has 1 amide bonds. The van der Waals surface area contributed by atoms with Crippen LogP contribution in [0.3, 0.4) is 0 Å². The first-order chi connectivity index (χ1) is 10.1. The Morgan fingerprint density at radius 3 is 2.62 bits per heavy atom. The van der Waals surface area contributed by atoms with Gasteiger partial charge in [-0.25, -0.2) is 4.98 Å². The van der Waals surface area contributed by atoms with Crippen molar-refractivity contribution in [3.05, 3.63) is 23.9 Å². The molecule has 5 heteroatoms. The molecular weight excluding hydrogens is 264 g/mol. The van der Waals surface area contributed by atoms with E-state index in [0.29, 0.717) is 13.0 Å². The summed E-state index contributed by atoms with van der Waals surface area (Å²) in [7, 11) is 0. The SMILES string of the molecule is CC(N)CC(=O)NCc1ccc(N2CCCCCC2)nc1. The second kappa shape index (κ2) is 7.98. The van der Waals surface area contributed by atoms with Gasteiger partial charge in [-0.05, 0) is 31.4 Å². The normalized spacial score (nSPS) is 17.1. The number of amides is 1. The number of hydrogen-bond acceptors (Lipinski definition) is 4. The molecule has 1 fully saturated rings. The fourth-order valence-electron chi connectivity index (χ4n) is 2.57. The summed E-state index contributed by atoms with van der Waals surface area (Å²) in [4.78, 5) is 18.4. The topological polar surface area (TPSA) is 71.2 Å². The van der Waals surface area contributed by atoms with Gasteiger partial charge in [-0.2, -0.15) is 0 Å². The van der Waals surface area contributed by atoms with Gasteiger partial charge < -0.3 is 16.0 Å². The number of pyridine rings is 1. The Morgan fingerprint density at radius 1 is 1.33 bits per heavy atom. The van der Waals surface area contributed by atoms with Crippen LogP contribution in [0, 0.1) is 0 Å². The first-order valence-corrected chi connectivity index (χ1v) is 7.87. The summed E-state index contributed by atoms with van der Waals surface area (Å²) in [5.41, 5.74) is 6.62. The maximum absolute atomic E-state index is 11.6. The molecule has 1 unspecified atom stereocenters. The highest BCUT2D eigenvalue weighted by molar-refractivity contribution is 5.76. The molecule has 0 aliphatic carbocycles. The van der Waals surface area contributed by atoms with Gasteiger partial charge in [-0.3, -0.25) is 4.79 Å². The highest BCUT2D eigenvalue weighted by Crippen LogP contribution is 2.17. The minimum absolute atomic E-state index is 0.0124. The Labute approximate surface area is 126 Å². The molecule has 2 heterocycles. The molecule has 2 rings (SSSR count). The molecule has 1 aromatic heterocycles. The summed E-state index contributed by atoms with van der Waals surface area (Å²) in [6.07, 6.45) is 7.35. The standard InChI is InChI=1S/C16H26N4O/c1-13(17)10-16(21)19-12-14-6-7-15(18-11-14)20-8-4-2-3-5-9-20/h6-7,11,13H,2-5,8-10,12,17H2,1H3,(H,19,21). The molecule has 1 atom stereocenters. The zero-order valence-corrected chi connectivity index (χ0v) is 12.8. The number of carbonyl (C=O) groups is 1. The predicted octanol–water partition coefficient (Wildman–Crippen LogP) is 1.82. The summed E-state index contributed by atoms with van der Waals surface area (Å²) < 4.78 is 0. The molecule has 1 aromatic rings. The van der Waals surface area contributed by atoms with Crippen molar-refractivity contribution in [2.45, 2.75) is 51.6 Å². The molecule has 0 saturated carbocycles. The second-order valence-electron chi connectivity index (χ2n) is 5.88. The largest absolute Gasteiger partial charge is 0.357 e. The Balaban J connectivity index is 1.85. The Hall–Kier alpha value is -1.62.